The molecular weight excluding hydrogens is 416 g/mol. The number of esters is 1. The standard InChI is InChI=1S/C24H21ClN2O2S/c1-15-12-17(13-23(28)29-3)8-9-18(15)21-10-11-22(30-21)24-26-16(2)14-27(24)20-7-5-4-6-19(20)25/h4-12,14H,13H2,1-3H3. The number of rotatable bonds is 5. The lowest BCUT2D eigenvalue weighted by molar-refractivity contribution is -0.139. The van der Waals surface area contributed by atoms with Crippen LogP contribution in [0, 0.1) is 13.8 Å². The molecule has 0 N–H and O–H groups in total. The monoisotopic (exact) mass is 436 g/mol. The van der Waals surface area contributed by atoms with Crippen molar-refractivity contribution in [2.24, 2.45) is 0 Å². The van der Waals surface area contributed by atoms with Crippen LogP contribution in [0.25, 0.3) is 26.8 Å². The smallest absolute Gasteiger partial charge is 0.309 e. The Morgan fingerprint density at radius 3 is 2.60 bits per heavy atom. The molecule has 0 saturated heterocycles. The van der Waals surface area contributed by atoms with Crippen LogP contribution in [-0.2, 0) is 16.0 Å². The number of benzene rings is 2. The van der Waals surface area contributed by atoms with E-state index in [2.05, 4.69) is 25.1 Å². The van der Waals surface area contributed by atoms with Gasteiger partial charge in [0.05, 0.1) is 34.8 Å². The normalized spacial score (nSPS) is 10.9. The van der Waals surface area contributed by atoms with Crippen molar-refractivity contribution in [3.8, 4) is 26.8 Å². The number of aromatic nitrogens is 2. The molecule has 6 heteroatoms. The molecule has 0 radical (unpaired) electrons. The van der Waals surface area contributed by atoms with Gasteiger partial charge in [-0.2, -0.15) is 0 Å². The number of thiophene rings is 1. The van der Waals surface area contributed by atoms with Gasteiger partial charge in [-0.25, -0.2) is 4.98 Å². The molecule has 0 atom stereocenters. The first-order valence-corrected chi connectivity index (χ1v) is 10.7. The van der Waals surface area contributed by atoms with Crippen molar-refractivity contribution >= 4 is 28.9 Å². The molecule has 30 heavy (non-hydrogen) atoms. The van der Waals surface area contributed by atoms with Crippen molar-refractivity contribution < 1.29 is 9.53 Å². The second-order valence-electron chi connectivity index (χ2n) is 7.09. The molecule has 2 aromatic carbocycles. The van der Waals surface area contributed by atoms with Gasteiger partial charge in [0.15, 0.2) is 5.82 Å². The summed E-state index contributed by atoms with van der Waals surface area (Å²) in [5.41, 5.74) is 5.06. The second kappa shape index (κ2) is 8.46. The summed E-state index contributed by atoms with van der Waals surface area (Å²) in [5.74, 6) is 0.638. The minimum Gasteiger partial charge on any atom is -0.469 e. The molecule has 0 unspecified atom stereocenters. The molecule has 0 bridgehead atoms. The van der Waals surface area contributed by atoms with Crippen molar-refractivity contribution in [2.45, 2.75) is 20.3 Å². The highest BCUT2D eigenvalue weighted by Gasteiger charge is 2.16. The molecule has 4 aromatic rings. The summed E-state index contributed by atoms with van der Waals surface area (Å²) in [4.78, 5) is 18.5. The fraction of sp³-hybridized carbons (Fsp3) is 0.167. The quantitative estimate of drug-likeness (QED) is 0.347. The molecule has 4 rings (SSSR count). The Hall–Kier alpha value is -2.89. The van der Waals surface area contributed by atoms with Crippen molar-refractivity contribution in [3.05, 3.63) is 82.6 Å². The zero-order valence-corrected chi connectivity index (χ0v) is 18.6. The lowest BCUT2D eigenvalue weighted by Crippen LogP contribution is -2.04. The lowest BCUT2D eigenvalue weighted by Gasteiger charge is -2.08. The number of carbonyl (C=O) groups excluding carboxylic acids is 1. The van der Waals surface area contributed by atoms with E-state index in [1.165, 1.54) is 7.11 Å². The Kier molecular flexibility index (Phi) is 5.75. The van der Waals surface area contributed by atoms with Gasteiger partial charge in [0.25, 0.3) is 0 Å². The van der Waals surface area contributed by atoms with E-state index in [1.54, 1.807) is 11.3 Å². The summed E-state index contributed by atoms with van der Waals surface area (Å²) in [6, 6.07) is 18.1. The number of carbonyl (C=O) groups is 1. The number of hydrogen-bond donors (Lipinski definition) is 0. The second-order valence-corrected chi connectivity index (χ2v) is 8.58. The van der Waals surface area contributed by atoms with Gasteiger partial charge < -0.3 is 4.74 Å². The van der Waals surface area contributed by atoms with Crippen LogP contribution in [0.4, 0.5) is 0 Å². The first-order chi connectivity index (χ1) is 14.5. The first-order valence-electron chi connectivity index (χ1n) is 9.54. The van der Waals surface area contributed by atoms with Gasteiger partial charge in [-0.15, -0.1) is 11.3 Å². The largest absolute Gasteiger partial charge is 0.469 e. The average Bonchev–Trinajstić information content (AvgIpc) is 3.35. The number of ether oxygens (including phenoxy) is 1. The maximum atomic E-state index is 11.5. The SMILES string of the molecule is COC(=O)Cc1ccc(-c2ccc(-c3nc(C)cn3-c3ccccc3Cl)s2)c(C)c1. The van der Waals surface area contributed by atoms with Crippen molar-refractivity contribution in [3.63, 3.8) is 0 Å². The van der Waals surface area contributed by atoms with Crippen molar-refractivity contribution in [2.75, 3.05) is 7.11 Å². The van der Waals surface area contributed by atoms with Gasteiger partial charge in [0.2, 0.25) is 0 Å². The molecule has 0 aliphatic heterocycles. The highest BCUT2D eigenvalue weighted by atomic mass is 35.5. The van der Waals surface area contributed by atoms with E-state index in [-0.39, 0.29) is 12.4 Å². The number of halogens is 1. The van der Waals surface area contributed by atoms with Crippen LogP contribution in [0.15, 0.2) is 60.8 Å². The van der Waals surface area contributed by atoms with Crippen LogP contribution in [0.5, 0.6) is 0 Å². The van der Waals surface area contributed by atoms with E-state index in [1.807, 2.05) is 54.1 Å². The maximum absolute atomic E-state index is 11.5. The summed E-state index contributed by atoms with van der Waals surface area (Å²) in [7, 11) is 1.41. The fourth-order valence-corrected chi connectivity index (χ4v) is 4.77. The zero-order valence-electron chi connectivity index (χ0n) is 17.0. The van der Waals surface area contributed by atoms with Gasteiger partial charge in [0, 0.05) is 11.1 Å². The van der Waals surface area contributed by atoms with Gasteiger partial charge in [-0.3, -0.25) is 9.36 Å². The highest BCUT2D eigenvalue weighted by Crippen LogP contribution is 2.37. The van der Waals surface area contributed by atoms with E-state index in [4.69, 9.17) is 21.3 Å². The predicted molar refractivity (Wildman–Crippen MR) is 123 cm³/mol. The number of hydrogen-bond acceptors (Lipinski definition) is 4. The molecule has 0 amide bonds. The van der Waals surface area contributed by atoms with E-state index in [0.717, 1.165) is 43.7 Å². The Bertz CT molecular complexity index is 1230. The third-order valence-corrected chi connectivity index (χ3v) is 6.33. The molecule has 4 nitrogen and oxygen atoms in total. The first kappa shape index (κ1) is 20.4. The zero-order chi connectivity index (χ0) is 21.3. The van der Waals surface area contributed by atoms with Crippen molar-refractivity contribution in [1.82, 2.24) is 9.55 Å². The van der Waals surface area contributed by atoms with E-state index in [9.17, 15) is 4.79 Å². The average molecular weight is 437 g/mol. The van der Waals surface area contributed by atoms with Gasteiger partial charge in [-0.05, 0) is 54.8 Å². The number of aryl methyl sites for hydroxylation is 2. The summed E-state index contributed by atoms with van der Waals surface area (Å²) in [6.45, 7) is 4.04. The summed E-state index contributed by atoms with van der Waals surface area (Å²) in [6.07, 6.45) is 2.28. The Morgan fingerprint density at radius 2 is 1.87 bits per heavy atom. The molecule has 2 heterocycles. The Labute approximate surface area is 184 Å². The van der Waals surface area contributed by atoms with Crippen LogP contribution < -0.4 is 0 Å². The van der Waals surface area contributed by atoms with E-state index < -0.39 is 0 Å². The number of para-hydroxylation sites is 1. The third-order valence-electron chi connectivity index (χ3n) is 4.90. The number of nitrogens with zero attached hydrogens (tertiary/aromatic N) is 2. The molecule has 152 valence electrons. The molecule has 2 aromatic heterocycles. The number of imidazole rings is 1. The number of methoxy groups -OCH3 is 1. The van der Waals surface area contributed by atoms with Crippen LogP contribution in [0.3, 0.4) is 0 Å². The summed E-state index contributed by atoms with van der Waals surface area (Å²) < 4.78 is 6.80. The molecular formula is C24H21ClN2O2S. The van der Waals surface area contributed by atoms with Crippen LogP contribution in [0.1, 0.15) is 16.8 Å². The van der Waals surface area contributed by atoms with Crippen molar-refractivity contribution in [1.29, 1.82) is 0 Å². The van der Waals surface area contributed by atoms with Gasteiger partial charge >= 0.3 is 5.97 Å². The van der Waals surface area contributed by atoms with Crippen LogP contribution in [0.2, 0.25) is 5.02 Å². The van der Waals surface area contributed by atoms with Gasteiger partial charge in [0.1, 0.15) is 0 Å². The van der Waals surface area contributed by atoms with Gasteiger partial charge in [-0.1, -0.05) is 41.9 Å². The Morgan fingerprint density at radius 1 is 1.10 bits per heavy atom. The summed E-state index contributed by atoms with van der Waals surface area (Å²) >= 11 is 8.12. The predicted octanol–water partition coefficient (Wildman–Crippen LogP) is 6.25. The minimum absolute atomic E-state index is 0.234. The fourth-order valence-electron chi connectivity index (χ4n) is 3.46. The molecule has 0 aliphatic carbocycles. The van der Waals surface area contributed by atoms with Crippen LogP contribution >= 0.6 is 22.9 Å². The topological polar surface area (TPSA) is 44.1 Å². The molecule has 0 spiro atoms. The maximum Gasteiger partial charge on any atom is 0.309 e. The molecule has 0 aliphatic rings. The third kappa shape index (κ3) is 4.04. The lowest BCUT2D eigenvalue weighted by atomic mass is 10.0. The highest BCUT2D eigenvalue weighted by molar-refractivity contribution is 7.18. The molecule has 0 saturated carbocycles. The molecule has 0 fully saturated rings. The van der Waals surface area contributed by atoms with Crippen LogP contribution in [-0.4, -0.2) is 22.6 Å². The van der Waals surface area contributed by atoms with E-state index >= 15 is 0 Å². The summed E-state index contributed by atoms with van der Waals surface area (Å²) in [5, 5.41) is 0.685. The van der Waals surface area contributed by atoms with E-state index in [0.29, 0.717) is 5.02 Å². The Balaban J connectivity index is 1.69. The minimum atomic E-state index is -0.234.